The van der Waals surface area contributed by atoms with E-state index in [4.69, 9.17) is 17.0 Å². The highest BCUT2D eigenvalue weighted by molar-refractivity contribution is 8.26. The fourth-order valence-electron chi connectivity index (χ4n) is 4.00. The molecule has 0 bridgehead atoms. The molecule has 0 N–H and O–H groups in total. The van der Waals surface area contributed by atoms with E-state index in [0.717, 1.165) is 37.3 Å². The SMILES string of the molecule is CCOCCCN1C(=O)/C(=C\c2c(C)c(C#N)c(=O)n(CC)c2N2CCCC2)SC1=S. The van der Waals surface area contributed by atoms with Crippen LogP contribution in [0.3, 0.4) is 0 Å². The highest BCUT2D eigenvalue weighted by Crippen LogP contribution is 2.36. The van der Waals surface area contributed by atoms with Gasteiger partial charge in [-0.25, -0.2) is 0 Å². The number of hydrogen-bond donors (Lipinski definition) is 0. The summed E-state index contributed by atoms with van der Waals surface area (Å²) in [5, 5.41) is 9.63. The third-order valence-electron chi connectivity index (χ3n) is 5.59. The Kier molecular flexibility index (Phi) is 7.92. The van der Waals surface area contributed by atoms with Gasteiger partial charge in [-0.15, -0.1) is 0 Å². The number of amides is 1. The monoisotopic (exact) mass is 460 g/mol. The number of aromatic nitrogens is 1. The topological polar surface area (TPSA) is 78.6 Å². The van der Waals surface area contributed by atoms with E-state index in [-0.39, 0.29) is 17.0 Å². The summed E-state index contributed by atoms with van der Waals surface area (Å²) < 4.78 is 7.55. The van der Waals surface area contributed by atoms with Gasteiger partial charge in [0.05, 0.1) is 4.91 Å². The molecule has 9 heteroatoms. The van der Waals surface area contributed by atoms with Crippen LogP contribution in [0.1, 0.15) is 49.8 Å². The van der Waals surface area contributed by atoms with Crippen LogP contribution >= 0.6 is 24.0 Å². The van der Waals surface area contributed by atoms with Crippen molar-refractivity contribution >= 4 is 46.1 Å². The molecule has 166 valence electrons. The van der Waals surface area contributed by atoms with Gasteiger partial charge >= 0.3 is 0 Å². The van der Waals surface area contributed by atoms with Crippen LogP contribution in [0.5, 0.6) is 0 Å². The van der Waals surface area contributed by atoms with Gasteiger partial charge in [0.2, 0.25) is 0 Å². The van der Waals surface area contributed by atoms with Gasteiger partial charge in [0, 0.05) is 45.0 Å². The first-order valence-corrected chi connectivity index (χ1v) is 11.9. The van der Waals surface area contributed by atoms with Gasteiger partial charge in [-0.2, -0.15) is 5.26 Å². The minimum absolute atomic E-state index is 0.128. The second kappa shape index (κ2) is 10.4. The Morgan fingerprint density at radius 3 is 2.58 bits per heavy atom. The molecule has 7 nitrogen and oxygen atoms in total. The fraction of sp³-hybridized carbons (Fsp3) is 0.545. The van der Waals surface area contributed by atoms with Crippen LogP contribution in [0.15, 0.2) is 9.70 Å². The first-order chi connectivity index (χ1) is 14.9. The largest absolute Gasteiger partial charge is 0.382 e. The molecule has 2 aliphatic heterocycles. The van der Waals surface area contributed by atoms with E-state index in [1.165, 1.54) is 11.8 Å². The van der Waals surface area contributed by atoms with E-state index >= 15 is 0 Å². The lowest BCUT2D eigenvalue weighted by Gasteiger charge is -2.26. The minimum atomic E-state index is -0.273. The lowest BCUT2D eigenvalue weighted by molar-refractivity contribution is -0.122. The predicted octanol–water partition coefficient (Wildman–Crippen LogP) is 3.28. The van der Waals surface area contributed by atoms with E-state index in [1.807, 2.05) is 19.9 Å². The van der Waals surface area contributed by atoms with Crippen molar-refractivity contribution in [3.8, 4) is 6.07 Å². The van der Waals surface area contributed by atoms with Gasteiger partial charge in [0.25, 0.3) is 11.5 Å². The molecule has 2 saturated heterocycles. The van der Waals surface area contributed by atoms with Crippen molar-refractivity contribution in [1.82, 2.24) is 9.47 Å². The number of thiocarbonyl (C=S) groups is 1. The molecule has 0 saturated carbocycles. The maximum atomic E-state index is 13.1. The summed E-state index contributed by atoms with van der Waals surface area (Å²) in [6, 6.07) is 2.07. The van der Waals surface area contributed by atoms with Crippen LogP contribution in [0, 0.1) is 18.3 Å². The number of thioether (sulfide) groups is 1. The summed E-state index contributed by atoms with van der Waals surface area (Å²) in [7, 11) is 0. The van der Waals surface area contributed by atoms with Crippen molar-refractivity contribution in [3.05, 3.63) is 31.9 Å². The molecular formula is C22H28N4O3S2. The van der Waals surface area contributed by atoms with Gasteiger partial charge < -0.3 is 9.64 Å². The molecule has 0 aromatic carbocycles. The number of carbonyl (C=O) groups excluding carboxylic acids is 1. The van der Waals surface area contributed by atoms with E-state index < -0.39 is 0 Å². The number of rotatable bonds is 8. The Hall–Kier alpha value is -2.15. The second-order valence-corrected chi connectivity index (χ2v) is 9.15. The third-order valence-corrected chi connectivity index (χ3v) is 6.97. The van der Waals surface area contributed by atoms with E-state index in [9.17, 15) is 14.9 Å². The zero-order valence-corrected chi connectivity index (χ0v) is 19.9. The van der Waals surface area contributed by atoms with Crippen molar-refractivity contribution in [2.75, 3.05) is 37.7 Å². The molecule has 3 heterocycles. The second-order valence-electron chi connectivity index (χ2n) is 7.48. The maximum Gasteiger partial charge on any atom is 0.270 e. The van der Waals surface area contributed by atoms with Gasteiger partial charge in [0.1, 0.15) is 21.8 Å². The summed E-state index contributed by atoms with van der Waals surface area (Å²) in [5.74, 6) is 0.661. The Balaban J connectivity index is 2.05. The summed E-state index contributed by atoms with van der Waals surface area (Å²) in [6.45, 7) is 9.52. The first kappa shape index (κ1) is 23.5. The number of nitrogens with zero attached hydrogens (tertiary/aromatic N) is 4. The maximum absolute atomic E-state index is 13.1. The number of ether oxygens (including phenoxy) is 1. The molecule has 0 spiro atoms. The molecule has 1 aromatic rings. The lowest BCUT2D eigenvalue weighted by atomic mass is 10.0. The average molecular weight is 461 g/mol. The van der Waals surface area contributed by atoms with Crippen LogP contribution < -0.4 is 10.5 Å². The van der Waals surface area contributed by atoms with Crippen molar-refractivity contribution < 1.29 is 9.53 Å². The van der Waals surface area contributed by atoms with Crippen molar-refractivity contribution in [1.29, 1.82) is 5.26 Å². The zero-order valence-electron chi connectivity index (χ0n) is 18.3. The highest BCUT2D eigenvalue weighted by Gasteiger charge is 2.33. The van der Waals surface area contributed by atoms with Crippen LogP contribution in [-0.2, 0) is 16.1 Å². The summed E-state index contributed by atoms with van der Waals surface area (Å²) >= 11 is 6.72. The molecule has 0 atom stereocenters. The van der Waals surface area contributed by atoms with Crippen LogP contribution in [-0.4, -0.2) is 52.5 Å². The molecule has 31 heavy (non-hydrogen) atoms. The van der Waals surface area contributed by atoms with Crippen LogP contribution in [0.2, 0.25) is 0 Å². The number of pyridine rings is 1. The van der Waals surface area contributed by atoms with Gasteiger partial charge in [-0.1, -0.05) is 24.0 Å². The number of hydrogen-bond acceptors (Lipinski definition) is 7. The highest BCUT2D eigenvalue weighted by atomic mass is 32.2. The van der Waals surface area contributed by atoms with E-state index in [0.29, 0.717) is 47.5 Å². The summed E-state index contributed by atoms with van der Waals surface area (Å²) in [6.07, 6.45) is 4.64. The molecule has 0 aliphatic carbocycles. The normalized spacial score (nSPS) is 17.8. The molecule has 0 unspecified atom stereocenters. The Morgan fingerprint density at radius 2 is 1.97 bits per heavy atom. The van der Waals surface area contributed by atoms with Crippen molar-refractivity contribution in [2.45, 2.75) is 46.6 Å². The number of anilines is 1. The minimum Gasteiger partial charge on any atom is -0.382 e. The Morgan fingerprint density at radius 1 is 1.26 bits per heavy atom. The number of carbonyl (C=O) groups is 1. The average Bonchev–Trinajstić information content (AvgIpc) is 3.37. The summed E-state index contributed by atoms with van der Waals surface area (Å²) in [4.78, 5) is 30.3. The van der Waals surface area contributed by atoms with Crippen LogP contribution in [0.25, 0.3) is 6.08 Å². The predicted molar refractivity (Wildman–Crippen MR) is 128 cm³/mol. The smallest absolute Gasteiger partial charge is 0.270 e. The molecule has 0 radical (unpaired) electrons. The number of nitriles is 1. The van der Waals surface area contributed by atoms with Crippen molar-refractivity contribution in [3.63, 3.8) is 0 Å². The fourth-order valence-corrected chi connectivity index (χ4v) is 5.29. The summed E-state index contributed by atoms with van der Waals surface area (Å²) in [5.41, 5.74) is 1.23. The Bertz CT molecular complexity index is 1000. The Labute approximate surface area is 192 Å². The van der Waals surface area contributed by atoms with Crippen molar-refractivity contribution in [2.24, 2.45) is 0 Å². The molecule has 1 aromatic heterocycles. The molecule has 2 aliphatic rings. The van der Waals surface area contributed by atoms with E-state index in [2.05, 4.69) is 11.0 Å². The zero-order chi connectivity index (χ0) is 22.5. The molecule has 3 rings (SSSR count). The molecular weight excluding hydrogens is 432 g/mol. The standard InChI is InChI=1S/C22H28N4O3S2/c1-4-25-19(24-9-6-7-10-24)16(15(3)17(14-23)20(25)27)13-18-21(28)26(22(30)31-18)11-8-12-29-5-2/h13H,4-12H2,1-3H3/b18-13+. The molecule has 2 fully saturated rings. The van der Waals surface area contributed by atoms with Gasteiger partial charge in [-0.05, 0) is 51.7 Å². The van der Waals surface area contributed by atoms with Crippen LogP contribution in [0.4, 0.5) is 5.82 Å². The first-order valence-electron chi connectivity index (χ1n) is 10.7. The van der Waals surface area contributed by atoms with Gasteiger partial charge in [-0.3, -0.25) is 19.1 Å². The quantitative estimate of drug-likeness (QED) is 0.335. The van der Waals surface area contributed by atoms with Gasteiger partial charge in [0.15, 0.2) is 0 Å². The molecule has 1 amide bonds. The lowest BCUT2D eigenvalue weighted by Crippen LogP contribution is -2.33. The third kappa shape index (κ3) is 4.71. The van der Waals surface area contributed by atoms with E-state index in [1.54, 1.807) is 16.4 Å².